The number of nitrogens with one attached hydrogen (secondary N) is 1. The zero-order chi connectivity index (χ0) is 14.5. The fourth-order valence-corrected chi connectivity index (χ4v) is 2.17. The Morgan fingerprint density at radius 1 is 1.35 bits per heavy atom. The quantitative estimate of drug-likeness (QED) is 0.826. The van der Waals surface area contributed by atoms with Gasteiger partial charge in [-0.05, 0) is 36.5 Å². The highest BCUT2D eigenvalue weighted by atomic mass is 16.7. The van der Waals surface area contributed by atoms with Crippen molar-refractivity contribution in [2.24, 2.45) is 11.7 Å². The highest BCUT2D eigenvalue weighted by Crippen LogP contribution is 2.32. The number of fused-ring (bicyclic) bond motifs is 1. The number of nitrogens with two attached hydrogens (primary N) is 1. The van der Waals surface area contributed by atoms with Gasteiger partial charge in [0.2, 0.25) is 12.7 Å². The maximum Gasteiger partial charge on any atom is 0.236 e. The minimum atomic E-state index is -0.424. The van der Waals surface area contributed by atoms with Crippen LogP contribution in [0.3, 0.4) is 0 Å². The summed E-state index contributed by atoms with van der Waals surface area (Å²) in [6.45, 7) is 4.96. The summed E-state index contributed by atoms with van der Waals surface area (Å²) >= 11 is 0. The second-order valence-electron chi connectivity index (χ2n) is 5.46. The van der Waals surface area contributed by atoms with E-state index in [1.54, 1.807) is 0 Å². The predicted octanol–water partition coefficient (Wildman–Crippen LogP) is 1.45. The molecule has 1 atom stereocenters. The molecule has 3 N–H and O–H groups in total. The van der Waals surface area contributed by atoms with Crippen molar-refractivity contribution in [3.05, 3.63) is 23.8 Å². The van der Waals surface area contributed by atoms with Gasteiger partial charge in [-0.1, -0.05) is 19.9 Å². The lowest BCUT2D eigenvalue weighted by Crippen LogP contribution is -2.42. The first-order chi connectivity index (χ1) is 9.56. The summed E-state index contributed by atoms with van der Waals surface area (Å²) in [4.78, 5) is 11.8. The summed E-state index contributed by atoms with van der Waals surface area (Å²) in [7, 11) is 0. The third-order valence-electron chi connectivity index (χ3n) is 3.21. The molecule has 5 nitrogen and oxygen atoms in total. The van der Waals surface area contributed by atoms with E-state index in [4.69, 9.17) is 15.2 Å². The Balaban J connectivity index is 1.77. The second kappa shape index (κ2) is 6.61. The van der Waals surface area contributed by atoms with E-state index >= 15 is 0 Å². The Kier molecular flexibility index (Phi) is 4.84. The van der Waals surface area contributed by atoms with Crippen LogP contribution in [0.2, 0.25) is 0 Å². The van der Waals surface area contributed by atoms with Crippen LogP contribution >= 0.6 is 0 Å². The topological polar surface area (TPSA) is 73.6 Å². The van der Waals surface area contributed by atoms with Crippen LogP contribution in [-0.4, -0.2) is 25.3 Å². The fourth-order valence-electron chi connectivity index (χ4n) is 2.17. The van der Waals surface area contributed by atoms with Crippen LogP contribution in [0.15, 0.2) is 18.2 Å². The van der Waals surface area contributed by atoms with Crippen molar-refractivity contribution >= 4 is 5.91 Å². The average Bonchev–Trinajstić information content (AvgIpc) is 2.85. The first kappa shape index (κ1) is 14.7. The molecule has 0 saturated carbocycles. The van der Waals surface area contributed by atoms with Crippen molar-refractivity contribution in [3.63, 3.8) is 0 Å². The van der Waals surface area contributed by atoms with Crippen LogP contribution in [0, 0.1) is 5.92 Å². The van der Waals surface area contributed by atoms with Crippen molar-refractivity contribution in [1.29, 1.82) is 0 Å². The minimum absolute atomic E-state index is 0.0838. The Hall–Kier alpha value is -1.75. The third kappa shape index (κ3) is 3.87. The zero-order valence-corrected chi connectivity index (χ0v) is 12.0. The van der Waals surface area contributed by atoms with Crippen LogP contribution in [-0.2, 0) is 11.2 Å². The van der Waals surface area contributed by atoms with E-state index in [1.807, 2.05) is 18.2 Å². The van der Waals surface area contributed by atoms with E-state index in [-0.39, 0.29) is 12.7 Å². The van der Waals surface area contributed by atoms with Crippen LogP contribution in [0.1, 0.15) is 25.8 Å². The Morgan fingerprint density at radius 2 is 2.10 bits per heavy atom. The van der Waals surface area contributed by atoms with Crippen LogP contribution in [0.4, 0.5) is 0 Å². The molecule has 0 fully saturated rings. The molecule has 0 aromatic heterocycles. The van der Waals surface area contributed by atoms with Crippen molar-refractivity contribution in [2.45, 2.75) is 32.7 Å². The molecular formula is C15H22N2O3. The van der Waals surface area contributed by atoms with Gasteiger partial charge in [-0.15, -0.1) is 0 Å². The highest BCUT2D eigenvalue weighted by molar-refractivity contribution is 5.81. The number of amides is 1. The number of hydrogen-bond donors (Lipinski definition) is 2. The molecule has 0 radical (unpaired) electrons. The SMILES string of the molecule is CC(C)CC(N)C(=O)NCCc1ccc2c(c1)OCO2. The number of ether oxygens (including phenoxy) is 2. The van der Waals surface area contributed by atoms with Crippen molar-refractivity contribution in [2.75, 3.05) is 13.3 Å². The number of carbonyl (C=O) groups is 1. The molecular weight excluding hydrogens is 256 g/mol. The van der Waals surface area contributed by atoms with E-state index in [9.17, 15) is 4.79 Å². The largest absolute Gasteiger partial charge is 0.454 e. The molecule has 1 aromatic rings. The molecule has 0 aliphatic carbocycles. The second-order valence-corrected chi connectivity index (χ2v) is 5.46. The summed E-state index contributed by atoms with van der Waals surface area (Å²) in [5.74, 6) is 1.88. The number of rotatable bonds is 6. The average molecular weight is 278 g/mol. The van der Waals surface area contributed by atoms with Crippen molar-refractivity contribution in [3.8, 4) is 11.5 Å². The maximum atomic E-state index is 11.8. The molecule has 1 aliphatic rings. The Morgan fingerprint density at radius 3 is 2.85 bits per heavy atom. The molecule has 1 unspecified atom stereocenters. The minimum Gasteiger partial charge on any atom is -0.454 e. The molecule has 20 heavy (non-hydrogen) atoms. The van der Waals surface area contributed by atoms with E-state index in [1.165, 1.54) is 0 Å². The van der Waals surface area contributed by atoms with Gasteiger partial charge in [0.05, 0.1) is 6.04 Å². The summed E-state index contributed by atoms with van der Waals surface area (Å²) in [6.07, 6.45) is 1.45. The van der Waals surface area contributed by atoms with Crippen molar-refractivity contribution < 1.29 is 14.3 Å². The maximum absolute atomic E-state index is 11.8. The smallest absolute Gasteiger partial charge is 0.236 e. The van der Waals surface area contributed by atoms with Gasteiger partial charge in [0, 0.05) is 6.54 Å². The van der Waals surface area contributed by atoms with E-state index in [0.29, 0.717) is 18.9 Å². The normalized spacial score (nSPS) is 14.4. The van der Waals surface area contributed by atoms with E-state index in [2.05, 4.69) is 19.2 Å². The standard InChI is InChI=1S/C15H22N2O3/c1-10(2)7-12(16)15(18)17-6-5-11-3-4-13-14(8-11)20-9-19-13/h3-4,8,10,12H,5-7,9,16H2,1-2H3,(H,17,18). The van der Waals surface area contributed by atoms with E-state index in [0.717, 1.165) is 23.5 Å². The lowest BCUT2D eigenvalue weighted by Gasteiger charge is -2.14. The number of benzene rings is 1. The first-order valence-corrected chi connectivity index (χ1v) is 6.98. The molecule has 0 spiro atoms. The van der Waals surface area contributed by atoms with Gasteiger partial charge in [-0.25, -0.2) is 0 Å². The van der Waals surface area contributed by atoms with Crippen LogP contribution in [0.25, 0.3) is 0 Å². The molecule has 1 aromatic carbocycles. The molecule has 110 valence electrons. The van der Waals surface area contributed by atoms with Gasteiger partial charge in [-0.2, -0.15) is 0 Å². The summed E-state index contributed by atoms with van der Waals surface area (Å²) < 4.78 is 10.6. The summed E-state index contributed by atoms with van der Waals surface area (Å²) in [6, 6.07) is 5.40. The summed E-state index contributed by atoms with van der Waals surface area (Å²) in [5, 5.41) is 2.87. The van der Waals surface area contributed by atoms with Crippen molar-refractivity contribution in [1.82, 2.24) is 5.32 Å². The monoisotopic (exact) mass is 278 g/mol. The molecule has 1 heterocycles. The molecule has 0 saturated heterocycles. The lowest BCUT2D eigenvalue weighted by molar-refractivity contribution is -0.122. The third-order valence-corrected chi connectivity index (χ3v) is 3.21. The number of carbonyl (C=O) groups excluding carboxylic acids is 1. The van der Waals surface area contributed by atoms with Crippen LogP contribution < -0.4 is 20.5 Å². The first-order valence-electron chi connectivity index (χ1n) is 6.98. The zero-order valence-electron chi connectivity index (χ0n) is 12.0. The molecule has 0 bridgehead atoms. The van der Waals surface area contributed by atoms with Gasteiger partial charge < -0.3 is 20.5 Å². The molecule has 1 amide bonds. The highest BCUT2D eigenvalue weighted by Gasteiger charge is 2.15. The van der Waals surface area contributed by atoms with Gasteiger partial charge in [0.15, 0.2) is 11.5 Å². The Labute approximate surface area is 119 Å². The van der Waals surface area contributed by atoms with Gasteiger partial charge in [0.25, 0.3) is 0 Å². The van der Waals surface area contributed by atoms with E-state index < -0.39 is 6.04 Å². The molecule has 5 heteroatoms. The Bertz CT molecular complexity index is 474. The lowest BCUT2D eigenvalue weighted by atomic mass is 10.0. The van der Waals surface area contributed by atoms with Gasteiger partial charge >= 0.3 is 0 Å². The molecule has 1 aliphatic heterocycles. The summed E-state index contributed by atoms with van der Waals surface area (Å²) in [5.41, 5.74) is 6.93. The predicted molar refractivity (Wildman–Crippen MR) is 76.7 cm³/mol. The fraction of sp³-hybridized carbons (Fsp3) is 0.533. The number of hydrogen-bond acceptors (Lipinski definition) is 4. The van der Waals surface area contributed by atoms with Crippen LogP contribution in [0.5, 0.6) is 11.5 Å². The van der Waals surface area contributed by atoms with Gasteiger partial charge in [0.1, 0.15) is 0 Å². The molecule has 2 rings (SSSR count). The van der Waals surface area contributed by atoms with Gasteiger partial charge in [-0.3, -0.25) is 4.79 Å².